The van der Waals surface area contributed by atoms with Crippen molar-refractivity contribution < 1.29 is 13.9 Å². The summed E-state index contributed by atoms with van der Waals surface area (Å²) < 4.78 is 23.0. The quantitative estimate of drug-likeness (QED) is 0.270. The van der Waals surface area contributed by atoms with Gasteiger partial charge in [0, 0.05) is 37.4 Å². The summed E-state index contributed by atoms with van der Waals surface area (Å²) in [6.45, 7) is 6.19. The molecule has 3 aliphatic rings. The molecule has 0 spiro atoms. The zero-order valence-electron chi connectivity index (χ0n) is 25.5. The number of nitrogens with zero attached hydrogens (tertiary/aromatic N) is 7. The van der Waals surface area contributed by atoms with Gasteiger partial charge in [0.15, 0.2) is 5.82 Å². The highest BCUT2D eigenvalue weighted by molar-refractivity contribution is 6.01. The van der Waals surface area contributed by atoms with Gasteiger partial charge in [-0.2, -0.15) is 15.2 Å². The number of fused-ring (bicyclic) bond motifs is 4. The molecule has 2 atom stereocenters. The Morgan fingerprint density at radius 2 is 2.04 bits per heavy atom. The highest BCUT2D eigenvalue weighted by Gasteiger charge is 2.32. The Labute approximate surface area is 261 Å². The van der Waals surface area contributed by atoms with E-state index in [2.05, 4.69) is 47.8 Å². The van der Waals surface area contributed by atoms with Crippen molar-refractivity contribution in [2.45, 2.75) is 50.6 Å². The highest BCUT2D eigenvalue weighted by Crippen LogP contribution is 2.39. The number of likely N-dealkylation sites (tertiary alicyclic amines) is 1. The predicted octanol–water partition coefficient (Wildman–Crippen LogP) is 5.06. The van der Waals surface area contributed by atoms with Crippen molar-refractivity contribution in [3.8, 4) is 23.3 Å². The van der Waals surface area contributed by atoms with Crippen molar-refractivity contribution in [3.63, 3.8) is 0 Å². The van der Waals surface area contributed by atoms with E-state index in [0.717, 1.165) is 55.0 Å². The van der Waals surface area contributed by atoms with E-state index in [-0.39, 0.29) is 41.6 Å². The van der Waals surface area contributed by atoms with E-state index in [1.54, 1.807) is 11.1 Å². The largest absolute Gasteiger partial charge is 0.462 e. The fraction of sp³-hybridized carbons (Fsp3) is 0.400. The lowest BCUT2D eigenvalue weighted by Gasteiger charge is -2.41. The van der Waals surface area contributed by atoms with Crippen molar-refractivity contribution in [1.82, 2.24) is 24.8 Å². The molecule has 2 saturated heterocycles. The zero-order valence-corrected chi connectivity index (χ0v) is 25.5. The first-order chi connectivity index (χ1) is 22.0. The summed E-state index contributed by atoms with van der Waals surface area (Å²) in [5.74, 6) is -0.248. The first-order valence-corrected chi connectivity index (χ1v) is 15.7. The number of amides is 1. The number of pyridine rings is 1. The van der Waals surface area contributed by atoms with Gasteiger partial charge in [-0.1, -0.05) is 36.9 Å². The lowest BCUT2D eigenvalue weighted by Crippen LogP contribution is -2.55. The fourth-order valence-corrected chi connectivity index (χ4v) is 7.28. The van der Waals surface area contributed by atoms with E-state index in [0.29, 0.717) is 37.4 Å². The summed E-state index contributed by atoms with van der Waals surface area (Å²) in [4.78, 5) is 32.6. The van der Waals surface area contributed by atoms with Gasteiger partial charge in [0.05, 0.1) is 23.9 Å². The SMILES string of the molecule is C=CC(=O)N1CCN(c2nc(OC[C@@H]3CCCN3C)nc3c(F)c(-c4cccc5ccc6c(c45)CCC6)ncc23)C[C@@H]1CC#N. The minimum absolute atomic E-state index is 0.106. The fourth-order valence-electron chi connectivity index (χ4n) is 7.28. The van der Waals surface area contributed by atoms with Crippen LogP contribution in [0.5, 0.6) is 6.01 Å². The molecule has 2 aromatic carbocycles. The second-order valence-corrected chi connectivity index (χ2v) is 12.3. The lowest BCUT2D eigenvalue weighted by molar-refractivity contribution is -0.128. The summed E-state index contributed by atoms with van der Waals surface area (Å²) in [5.41, 5.74) is 3.74. The molecule has 230 valence electrons. The van der Waals surface area contributed by atoms with E-state index in [4.69, 9.17) is 14.7 Å². The van der Waals surface area contributed by atoms with E-state index in [9.17, 15) is 10.1 Å². The van der Waals surface area contributed by atoms with Crippen LogP contribution < -0.4 is 9.64 Å². The van der Waals surface area contributed by atoms with Crippen molar-refractivity contribution in [2.75, 3.05) is 44.7 Å². The van der Waals surface area contributed by atoms with Crippen LogP contribution in [0.2, 0.25) is 0 Å². The molecule has 9 nitrogen and oxygen atoms in total. The number of halogens is 1. The molecule has 7 rings (SSSR count). The molecular weight excluding hydrogens is 569 g/mol. The van der Waals surface area contributed by atoms with Crippen LogP contribution in [0.15, 0.2) is 49.2 Å². The normalized spacial score (nSPS) is 20.0. The van der Waals surface area contributed by atoms with E-state index < -0.39 is 5.82 Å². The number of rotatable bonds is 7. The van der Waals surface area contributed by atoms with Crippen LogP contribution in [0.4, 0.5) is 10.2 Å². The summed E-state index contributed by atoms with van der Waals surface area (Å²) in [5, 5.41) is 12.1. The molecule has 0 unspecified atom stereocenters. The number of piperazine rings is 1. The summed E-state index contributed by atoms with van der Waals surface area (Å²) in [7, 11) is 2.08. The van der Waals surface area contributed by atoms with Gasteiger partial charge in [0.1, 0.15) is 23.6 Å². The number of aryl methyl sites for hydroxylation is 2. The smallest absolute Gasteiger partial charge is 0.319 e. The average Bonchev–Trinajstić information content (AvgIpc) is 3.72. The molecular formula is C35H36FN7O2. The molecule has 0 N–H and O–H groups in total. The molecule has 1 amide bonds. The maximum atomic E-state index is 16.8. The molecule has 4 aromatic rings. The first-order valence-electron chi connectivity index (χ1n) is 15.7. The third kappa shape index (κ3) is 5.25. The lowest BCUT2D eigenvalue weighted by atomic mass is 9.94. The second-order valence-electron chi connectivity index (χ2n) is 12.3. The number of likely N-dealkylation sites (N-methyl/N-ethyl adjacent to an activating group) is 1. The van der Waals surface area contributed by atoms with Crippen LogP contribution >= 0.6 is 0 Å². The third-order valence-electron chi connectivity index (χ3n) is 9.66. The Balaban J connectivity index is 1.34. The maximum absolute atomic E-state index is 16.8. The summed E-state index contributed by atoms with van der Waals surface area (Å²) in [6.07, 6.45) is 8.26. The Morgan fingerprint density at radius 3 is 2.84 bits per heavy atom. The Kier molecular flexibility index (Phi) is 7.80. The molecule has 2 aliphatic heterocycles. The molecule has 0 saturated carbocycles. The summed E-state index contributed by atoms with van der Waals surface area (Å²) in [6, 6.07) is 12.4. The van der Waals surface area contributed by atoms with E-state index in [1.807, 2.05) is 17.0 Å². The molecule has 0 bridgehead atoms. The Hall–Kier alpha value is -4.62. The topological polar surface area (TPSA) is 98.5 Å². The number of carbonyl (C=O) groups excluding carboxylic acids is 1. The molecule has 10 heteroatoms. The maximum Gasteiger partial charge on any atom is 0.319 e. The molecule has 0 radical (unpaired) electrons. The van der Waals surface area contributed by atoms with Crippen LogP contribution in [0.1, 0.15) is 36.8 Å². The number of aromatic nitrogens is 3. The van der Waals surface area contributed by atoms with Crippen LogP contribution in [-0.4, -0.2) is 82.6 Å². The number of carbonyl (C=O) groups is 1. The predicted molar refractivity (Wildman–Crippen MR) is 172 cm³/mol. The van der Waals surface area contributed by atoms with E-state index in [1.165, 1.54) is 17.2 Å². The Morgan fingerprint density at radius 1 is 1.16 bits per heavy atom. The van der Waals surface area contributed by atoms with Crippen LogP contribution in [0.3, 0.4) is 0 Å². The standard InChI is InChI=1S/C35H36FN7O2/c1-3-29(44)43-18-17-42(20-24(43)14-15-37)34-28-19-38-32(27-11-5-8-23-13-12-22-7-4-10-26(22)30(23)27)31(36)33(28)39-35(40-34)45-21-25-9-6-16-41(25)2/h3,5,8,11-13,19,24-25H,1,4,6-7,9-10,14,16-18,20-21H2,2H3/t24-,25-/m0/s1. The van der Waals surface area contributed by atoms with Crippen molar-refractivity contribution in [2.24, 2.45) is 0 Å². The monoisotopic (exact) mass is 605 g/mol. The second kappa shape index (κ2) is 12.1. The van der Waals surface area contributed by atoms with Crippen LogP contribution in [-0.2, 0) is 17.6 Å². The van der Waals surface area contributed by atoms with Gasteiger partial charge < -0.3 is 19.4 Å². The zero-order chi connectivity index (χ0) is 31.1. The molecule has 45 heavy (non-hydrogen) atoms. The number of anilines is 1. The number of ether oxygens (including phenoxy) is 1. The van der Waals surface area contributed by atoms with Gasteiger partial charge in [-0.15, -0.1) is 0 Å². The van der Waals surface area contributed by atoms with Crippen molar-refractivity contribution >= 4 is 33.4 Å². The minimum Gasteiger partial charge on any atom is -0.462 e. The minimum atomic E-state index is -0.517. The molecule has 1 aliphatic carbocycles. The summed E-state index contributed by atoms with van der Waals surface area (Å²) >= 11 is 0. The number of hydrogen-bond donors (Lipinski definition) is 0. The van der Waals surface area contributed by atoms with Crippen molar-refractivity contribution in [3.05, 3.63) is 66.1 Å². The number of benzene rings is 2. The average molecular weight is 606 g/mol. The molecule has 2 fully saturated rings. The highest BCUT2D eigenvalue weighted by atomic mass is 19.1. The van der Waals surface area contributed by atoms with Gasteiger partial charge in [0.25, 0.3) is 0 Å². The molecule has 2 aromatic heterocycles. The first kappa shape index (κ1) is 29.1. The van der Waals surface area contributed by atoms with Crippen molar-refractivity contribution in [1.29, 1.82) is 5.26 Å². The van der Waals surface area contributed by atoms with Gasteiger partial charge in [-0.3, -0.25) is 9.78 Å². The van der Waals surface area contributed by atoms with Gasteiger partial charge in [-0.05, 0) is 73.7 Å². The van der Waals surface area contributed by atoms with Gasteiger partial charge in [0.2, 0.25) is 5.91 Å². The molecule has 4 heterocycles. The third-order valence-corrected chi connectivity index (χ3v) is 9.66. The van der Waals surface area contributed by atoms with Crippen LogP contribution in [0, 0.1) is 17.1 Å². The number of hydrogen-bond acceptors (Lipinski definition) is 8. The Bertz CT molecular complexity index is 1850. The van der Waals surface area contributed by atoms with Gasteiger partial charge in [-0.25, -0.2) is 4.39 Å². The van der Waals surface area contributed by atoms with Crippen LogP contribution in [0.25, 0.3) is 32.9 Å². The number of nitriles is 1. The van der Waals surface area contributed by atoms with Gasteiger partial charge >= 0.3 is 6.01 Å². The van der Waals surface area contributed by atoms with E-state index >= 15 is 4.39 Å².